The molecule has 2 aliphatic heterocycles. The molecular formula is C8H13N3O2. The van der Waals surface area contributed by atoms with E-state index in [4.69, 9.17) is 5.73 Å². The number of carbonyl (C=O) groups is 2. The number of likely N-dealkylation sites (tertiary alicyclic amines) is 1. The maximum atomic E-state index is 11.6. The Balaban J connectivity index is 2.04. The molecule has 5 nitrogen and oxygen atoms in total. The van der Waals surface area contributed by atoms with Gasteiger partial charge in [0.2, 0.25) is 11.8 Å². The fourth-order valence-electron chi connectivity index (χ4n) is 2.06. The molecule has 2 fully saturated rings. The monoisotopic (exact) mass is 183 g/mol. The summed E-state index contributed by atoms with van der Waals surface area (Å²) in [5.41, 5.74) is 5.37. The average molecular weight is 183 g/mol. The molecule has 0 aromatic carbocycles. The molecule has 72 valence electrons. The SMILES string of the molecule is NCCN1C[C@H]2NC(=O)C[C@@H]2C1=O. The molecule has 2 heterocycles. The number of nitrogens with zero attached hydrogens (tertiary/aromatic N) is 1. The van der Waals surface area contributed by atoms with Gasteiger partial charge in [-0.2, -0.15) is 0 Å². The number of amides is 2. The highest BCUT2D eigenvalue weighted by atomic mass is 16.2. The standard InChI is InChI=1S/C8H13N3O2/c9-1-2-11-4-6-5(8(11)13)3-7(12)10-6/h5-6H,1-4,9H2,(H,10,12)/t5-,6+/m0/s1. The van der Waals surface area contributed by atoms with E-state index in [1.54, 1.807) is 4.90 Å². The summed E-state index contributed by atoms with van der Waals surface area (Å²) in [7, 11) is 0. The van der Waals surface area contributed by atoms with Crippen molar-refractivity contribution in [2.75, 3.05) is 19.6 Å². The van der Waals surface area contributed by atoms with Crippen LogP contribution in [0.5, 0.6) is 0 Å². The predicted octanol–water partition coefficient (Wildman–Crippen LogP) is -1.71. The molecule has 0 unspecified atom stereocenters. The van der Waals surface area contributed by atoms with E-state index in [0.29, 0.717) is 26.1 Å². The highest BCUT2D eigenvalue weighted by molar-refractivity contribution is 5.92. The van der Waals surface area contributed by atoms with Crippen LogP contribution >= 0.6 is 0 Å². The molecule has 2 amide bonds. The van der Waals surface area contributed by atoms with Crippen LogP contribution in [0.25, 0.3) is 0 Å². The van der Waals surface area contributed by atoms with Gasteiger partial charge in [0.15, 0.2) is 0 Å². The quantitative estimate of drug-likeness (QED) is 0.535. The maximum absolute atomic E-state index is 11.6. The lowest BCUT2D eigenvalue weighted by atomic mass is 10.0. The van der Waals surface area contributed by atoms with Gasteiger partial charge in [0.05, 0.1) is 12.0 Å². The molecule has 0 saturated carbocycles. The van der Waals surface area contributed by atoms with Gasteiger partial charge in [-0.25, -0.2) is 0 Å². The van der Waals surface area contributed by atoms with Crippen molar-refractivity contribution in [2.24, 2.45) is 11.7 Å². The van der Waals surface area contributed by atoms with E-state index in [0.717, 1.165) is 0 Å². The third-order valence-corrected chi connectivity index (χ3v) is 2.68. The van der Waals surface area contributed by atoms with Gasteiger partial charge >= 0.3 is 0 Å². The Hall–Kier alpha value is -1.10. The van der Waals surface area contributed by atoms with Crippen LogP contribution in [0.4, 0.5) is 0 Å². The summed E-state index contributed by atoms with van der Waals surface area (Å²) in [6, 6.07) is 0.0338. The molecule has 2 saturated heterocycles. The summed E-state index contributed by atoms with van der Waals surface area (Å²) < 4.78 is 0. The molecule has 2 aliphatic rings. The van der Waals surface area contributed by atoms with Gasteiger partial charge in [-0.3, -0.25) is 9.59 Å². The fourth-order valence-corrected chi connectivity index (χ4v) is 2.06. The van der Waals surface area contributed by atoms with Gasteiger partial charge < -0.3 is 16.0 Å². The summed E-state index contributed by atoms with van der Waals surface area (Å²) >= 11 is 0. The summed E-state index contributed by atoms with van der Waals surface area (Å²) in [6.07, 6.45) is 0.352. The van der Waals surface area contributed by atoms with Crippen molar-refractivity contribution < 1.29 is 9.59 Å². The van der Waals surface area contributed by atoms with Gasteiger partial charge in [0, 0.05) is 26.1 Å². The van der Waals surface area contributed by atoms with Gasteiger partial charge in [-0.1, -0.05) is 0 Å². The van der Waals surface area contributed by atoms with Gasteiger partial charge in [-0.15, -0.1) is 0 Å². The lowest BCUT2D eigenvalue weighted by molar-refractivity contribution is -0.132. The van der Waals surface area contributed by atoms with E-state index < -0.39 is 0 Å². The number of nitrogens with two attached hydrogens (primary N) is 1. The van der Waals surface area contributed by atoms with Crippen molar-refractivity contribution in [3.63, 3.8) is 0 Å². The van der Waals surface area contributed by atoms with E-state index in [1.165, 1.54) is 0 Å². The Bertz CT molecular complexity index is 254. The van der Waals surface area contributed by atoms with E-state index in [2.05, 4.69) is 5.32 Å². The predicted molar refractivity (Wildman–Crippen MR) is 45.7 cm³/mol. The van der Waals surface area contributed by atoms with Crippen LogP contribution < -0.4 is 11.1 Å². The number of carbonyl (C=O) groups excluding carboxylic acids is 2. The largest absolute Gasteiger partial charge is 0.351 e. The molecule has 5 heteroatoms. The molecule has 3 N–H and O–H groups in total. The van der Waals surface area contributed by atoms with Crippen LogP contribution in [0.2, 0.25) is 0 Å². The minimum absolute atomic E-state index is 0.00394. The molecule has 0 radical (unpaired) electrons. The molecular weight excluding hydrogens is 170 g/mol. The number of nitrogens with one attached hydrogen (secondary N) is 1. The van der Waals surface area contributed by atoms with Crippen LogP contribution in [-0.4, -0.2) is 42.4 Å². The zero-order valence-electron chi connectivity index (χ0n) is 7.32. The van der Waals surface area contributed by atoms with Crippen molar-refractivity contribution in [3.8, 4) is 0 Å². The molecule has 0 aromatic heterocycles. The smallest absolute Gasteiger partial charge is 0.228 e. The Morgan fingerprint density at radius 3 is 2.92 bits per heavy atom. The average Bonchev–Trinajstić information content (AvgIpc) is 2.54. The second-order valence-electron chi connectivity index (χ2n) is 3.56. The van der Waals surface area contributed by atoms with Crippen molar-refractivity contribution in [2.45, 2.75) is 12.5 Å². The molecule has 0 aromatic rings. The van der Waals surface area contributed by atoms with Gasteiger partial charge in [-0.05, 0) is 0 Å². The van der Waals surface area contributed by atoms with E-state index >= 15 is 0 Å². The highest BCUT2D eigenvalue weighted by Crippen LogP contribution is 2.26. The first-order chi connectivity index (χ1) is 6.22. The summed E-state index contributed by atoms with van der Waals surface area (Å²) in [4.78, 5) is 24.3. The zero-order chi connectivity index (χ0) is 9.42. The van der Waals surface area contributed by atoms with Crippen LogP contribution in [-0.2, 0) is 9.59 Å². The third kappa shape index (κ3) is 1.29. The number of fused-ring (bicyclic) bond motifs is 1. The lowest BCUT2D eigenvalue weighted by Crippen LogP contribution is -2.35. The third-order valence-electron chi connectivity index (χ3n) is 2.68. The molecule has 0 spiro atoms. The number of hydrogen-bond donors (Lipinski definition) is 2. The van der Waals surface area contributed by atoms with E-state index in [9.17, 15) is 9.59 Å². The first-order valence-corrected chi connectivity index (χ1v) is 4.50. The minimum atomic E-state index is -0.126. The summed E-state index contributed by atoms with van der Waals surface area (Å²) in [6.45, 7) is 1.72. The topological polar surface area (TPSA) is 75.4 Å². The Labute approximate surface area is 76.3 Å². The Morgan fingerprint density at radius 1 is 1.54 bits per heavy atom. The second-order valence-corrected chi connectivity index (χ2v) is 3.56. The Kier molecular flexibility index (Phi) is 1.95. The van der Waals surface area contributed by atoms with Crippen LogP contribution in [0, 0.1) is 5.92 Å². The number of hydrogen-bond acceptors (Lipinski definition) is 3. The minimum Gasteiger partial charge on any atom is -0.351 e. The first-order valence-electron chi connectivity index (χ1n) is 4.50. The van der Waals surface area contributed by atoms with Crippen molar-refractivity contribution in [1.29, 1.82) is 0 Å². The van der Waals surface area contributed by atoms with E-state index in [1.807, 2.05) is 0 Å². The van der Waals surface area contributed by atoms with Crippen molar-refractivity contribution in [1.82, 2.24) is 10.2 Å². The van der Waals surface area contributed by atoms with Gasteiger partial charge in [0.25, 0.3) is 0 Å². The molecule has 13 heavy (non-hydrogen) atoms. The molecule has 2 rings (SSSR count). The van der Waals surface area contributed by atoms with Crippen molar-refractivity contribution in [3.05, 3.63) is 0 Å². The summed E-state index contributed by atoms with van der Waals surface area (Å²) in [5, 5.41) is 2.79. The maximum Gasteiger partial charge on any atom is 0.228 e. The molecule has 0 bridgehead atoms. The van der Waals surface area contributed by atoms with Crippen LogP contribution in [0.1, 0.15) is 6.42 Å². The number of rotatable bonds is 2. The lowest BCUT2D eigenvalue weighted by Gasteiger charge is -2.15. The fraction of sp³-hybridized carbons (Fsp3) is 0.750. The molecule has 2 atom stereocenters. The molecule has 0 aliphatic carbocycles. The zero-order valence-corrected chi connectivity index (χ0v) is 7.32. The van der Waals surface area contributed by atoms with E-state index in [-0.39, 0.29) is 23.8 Å². The highest BCUT2D eigenvalue weighted by Gasteiger charge is 2.45. The second kappa shape index (κ2) is 2.99. The normalized spacial score (nSPS) is 32.2. The van der Waals surface area contributed by atoms with Crippen LogP contribution in [0.3, 0.4) is 0 Å². The van der Waals surface area contributed by atoms with Gasteiger partial charge in [0.1, 0.15) is 0 Å². The van der Waals surface area contributed by atoms with Crippen LogP contribution in [0.15, 0.2) is 0 Å². The summed E-state index contributed by atoms with van der Waals surface area (Å²) in [5.74, 6) is -0.0522. The first kappa shape index (κ1) is 8.50. The Morgan fingerprint density at radius 2 is 2.31 bits per heavy atom. The van der Waals surface area contributed by atoms with Crippen molar-refractivity contribution >= 4 is 11.8 Å².